The molecule has 1 atom stereocenters. The monoisotopic (exact) mass is 241 g/mol. The van der Waals surface area contributed by atoms with Crippen molar-refractivity contribution in [1.82, 2.24) is 4.90 Å². The van der Waals surface area contributed by atoms with Crippen LogP contribution in [-0.4, -0.2) is 30.5 Å². The van der Waals surface area contributed by atoms with Crippen LogP contribution >= 0.6 is 11.6 Å². The lowest BCUT2D eigenvalue weighted by Crippen LogP contribution is -2.32. The molecule has 16 heavy (non-hydrogen) atoms. The summed E-state index contributed by atoms with van der Waals surface area (Å²) in [6, 6.07) is 7.81. The van der Waals surface area contributed by atoms with E-state index in [1.807, 2.05) is 31.2 Å². The van der Waals surface area contributed by atoms with E-state index in [2.05, 4.69) is 0 Å². The van der Waals surface area contributed by atoms with Gasteiger partial charge in [0.05, 0.1) is 7.11 Å². The van der Waals surface area contributed by atoms with Gasteiger partial charge in [-0.2, -0.15) is 0 Å². The number of benzene rings is 1. The first kappa shape index (κ1) is 12.8. The number of hydrogen-bond acceptors (Lipinski definition) is 2. The van der Waals surface area contributed by atoms with E-state index in [9.17, 15) is 4.79 Å². The highest BCUT2D eigenvalue weighted by molar-refractivity contribution is 6.62. The number of para-hydroxylation sites is 1. The lowest BCUT2D eigenvalue weighted by Gasteiger charge is -2.23. The molecule has 0 bridgehead atoms. The van der Waals surface area contributed by atoms with Gasteiger partial charge in [-0.05, 0) is 36.6 Å². The summed E-state index contributed by atoms with van der Waals surface area (Å²) in [6.07, 6.45) is 0.721. The summed E-state index contributed by atoms with van der Waals surface area (Å²) in [6.45, 7) is 1.95. The van der Waals surface area contributed by atoms with Crippen LogP contribution in [0, 0.1) is 0 Å². The number of carbonyl (C=O) groups excluding carboxylic acids is 1. The predicted octanol–water partition coefficient (Wildman–Crippen LogP) is 2.92. The van der Waals surface area contributed by atoms with Crippen molar-refractivity contribution in [1.29, 1.82) is 0 Å². The number of hydrogen-bond donors (Lipinski definition) is 0. The molecule has 0 fully saturated rings. The molecule has 3 nitrogen and oxygen atoms in total. The van der Waals surface area contributed by atoms with Crippen molar-refractivity contribution in [3.05, 3.63) is 29.8 Å². The van der Waals surface area contributed by atoms with Crippen LogP contribution in [-0.2, 0) is 6.42 Å². The molecule has 1 rings (SSSR count). The molecule has 1 unspecified atom stereocenters. The quantitative estimate of drug-likeness (QED) is 0.599. The minimum Gasteiger partial charge on any atom is -0.496 e. The summed E-state index contributed by atoms with van der Waals surface area (Å²) >= 11 is 5.42. The number of ether oxygens (including phenoxy) is 1. The van der Waals surface area contributed by atoms with Crippen molar-refractivity contribution in [2.24, 2.45) is 0 Å². The smallest absolute Gasteiger partial charge is 0.316 e. The maximum Gasteiger partial charge on any atom is 0.316 e. The summed E-state index contributed by atoms with van der Waals surface area (Å²) in [5.74, 6) is 0.838. The van der Waals surface area contributed by atoms with Gasteiger partial charge in [-0.3, -0.25) is 4.79 Å². The average Bonchev–Trinajstić information content (AvgIpc) is 2.28. The Kier molecular flexibility index (Phi) is 4.62. The second-order valence-corrected chi connectivity index (χ2v) is 4.05. The molecule has 0 aliphatic heterocycles. The highest BCUT2D eigenvalue weighted by Gasteiger charge is 2.15. The fraction of sp³-hybridized carbons (Fsp3) is 0.417. The zero-order valence-electron chi connectivity index (χ0n) is 9.74. The summed E-state index contributed by atoms with van der Waals surface area (Å²) in [5, 5.41) is -0.442. The van der Waals surface area contributed by atoms with Crippen LogP contribution in [0.4, 0.5) is 4.79 Å². The van der Waals surface area contributed by atoms with Crippen LogP contribution in [0.15, 0.2) is 24.3 Å². The molecule has 0 radical (unpaired) electrons. The first-order valence-corrected chi connectivity index (χ1v) is 5.48. The molecule has 1 amide bonds. The van der Waals surface area contributed by atoms with Gasteiger partial charge >= 0.3 is 5.37 Å². The molecule has 0 heterocycles. The number of amides is 1. The van der Waals surface area contributed by atoms with E-state index in [0.29, 0.717) is 0 Å². The molecule has 1 aromatic rings. The van der Waals surface area contributed by atoms with E-state index < -0.39 is 5.37 Å². The first-order valence-electron chi connectivity index (χ1n) is 5.10. The second-order valence-electron chi connectivity index (χ2n) is 3.73. The van der Waals surface area contributed by atoms with Crippen LogP contribution < -0.4 is 4.74 Å². The molecule has 0 N–H and O–H groups in total. The number of methoxy groups -OCH3 is 1. The Bertz CT molecular complexity index is 368. The van der Waals surface area contributed by atoms with Crippen LogP contribution in [0.2, 0.25) is 0 Å². The molecule has 0 aliphatic rings. The SMILES string of the molecule is COc1ccccc1CC(C)N(C)C(=O)Cl. The molecule has 0 aliphatic carbocycles. The van der Waals surface area contributed by atoms with Gasteiger partial charge in [0.2, 0.25) is 0 Å². The fourth-order valence-electron chi connectivity index (χ4n) is 1.50. The zero-order chi connectivity index (χ0) is 12.1. The van der Waals surface area contributed by atoms with Gasteiger partial charge in [-0.1, -0.05) is 18.2 Å². The van der Waals surface area contributed by atoms with Gasteiger partial charge in [0.1, 0.15) is 5.75 Å². The van der Waals surface area contributed by atoms with Crippen LogP contribution in [0.3, 0.4) is 0 Å². The number of carbonyl (C=O) groups is 1. The Hall–Kier alpha value is -1.22. The summed E-state index contributed by atoms with van der Waals surface area (Å²) in [5.41, 5.74) is 1.07. The molecular formula is C12H16ClNO2. The maximum atomic E-state index is 11.0. The van der Waals surface area contributed by atoms with E-state index in [1.54, 1.807) is 14.2 Å². The molecular weight excluding hydrogens is 226 g/mol. The third kappa shape index (κ3) is 3.14. The van der Waals surface area contributed by atoms with Crippen molar-refractivity contribution in [2.45, 2.75) is 19.4 Å². The van der Waals surface area contributed by atoms with E-state index in [-0.39, 0.29) is 6.04 Å². The molecule has 4 heteroatoms. The normalized spacial score (nSPS) is 12.0. The van der Waals surface area contributed by atoms with E-state index >= 15 is 0 Å². The lowest BCUT2D eigenvalue weighted by atomic mass is 10.1. The van der Waals surface area contributed by atoms with Crippen LogP contribution in [0.5, 0.6) is 5.75 Å². The number of likely N-dealkylation sites (N-methyl/N-ethyl adjacent to an activating group) is 1. The highest BCUT2D eigenvalue weighted by Crippen LogP contribution is 2.20. The van der Waals surface area contributed by atoms with Gasteiger partial charge < -0.3 is 9.64 Å². The average molecular weight is 242 g/mol. The van der Waals surface area contributed by atoms with Crippen molar-refractivity contribution in [3.8, 4) is 5.75 Å². The van der Waals surface area contributed by atoms with E-state index in [0.717, 1.165) is 17.7 Å². The van der Waals surface area contributed by atoms with Gasteiger partial charge in [-0.15, -0.1) is 0 Å². The van der Waals surface area contributed by atoms with Crippen LogP contribution in [0.25, 0.3) is 0 Å². The molecule has 0 spiro atoms. The third-order valence-electron chi connectivity index (χ3n) is 2.65. The third-order valence-corrected chi connectivity index (χ3v) is 2.91. The Labute approximate surface area is 101 Å². The van der Waals surface area contributed by atoms with Gasteiger partial charge in [0.25, 0.3) is 0 Å². The molecule has 0 saturated carbocycles. The van der Waals surface area contributed by atoms with Crippen molar-refractivity contribution in [3.63, 3.8) is 0 Å². The maximum absolute atomic E-state index is 11.0. The summed E-state index contributed by atoms with van der Waals surface area (Å²) in [4.78, 5) is 12.5. The summed E-state index contributed by atoms with van der Waals surface area (Å²) < 4.78 is 5.25. The standard InChI is InChI=1S/C12H16ClNO2/c1-9(14(2)12(13)15)8-10-6-4-5-7-11(10)16-3/h4-7,9H,8H2,1-3H3. The molecule has 88 valence electrons. The molecule has 0 aromatic heterocycles. The zero-order valence-corrected chi connectivity index (χ0v) is 10.5. The minimum atomic E-state index is -0.442. The number of rotatable bonds is 4. The van der Waals surface area contributed by atoms with Gasteiger partial charge in [-0.25, -0.2) is 0 Å². The first-order chi connectivity index (χ1) is 7.56. The highest BCUT2D eigenvalue weighted by atomic mass is 35.5. The van der Waals surface area contributed by atoms with Gasteiger partial charge in [0.15, 0.2) is 0 Å². The largest absolute Gasteiger partial charge is 0.496 e. The molecule has 0 saturated heterocycles. The Morgan fingerprint density at radius 2 is 2.12 bits per heavy atom. The van der Waals surface area contributed by atoms with Crippen LogP contribution in [0.1, 0.15) is 12.5 Å². The topological polar surface area (TPSA) is 29.5 Å². The van der Waals surface area contributed by atoms with Crippen molar-refractivity contribution in [2.75, 3.05) is 14.2 Å². The Balaban J connectivity index is 2.76. The van der Waals surface area contributed by atoms with E-state index in [4.69, 9.17) is 16.3 Å². The second kappa shape index (κ2) is 5.75. The summed E-state index contributed by atoms with van der Waals surface area (Å²) in [7, 11) is 3.33. The lowest BCUT2D eigenvalue weighted by molar-refractivity contribution is 0.217. The van der Waals surface area contributed by atoms with Gasteiger partial charge in [0, 0.05) is 13.1 Å². The Morgan fingerprint density at radius 1 is 1.50 bits per heavy atom. The van der Waals surface area contributed by atoms with E-state index in [1.165, 1.54) is 4.90 Å². The molecule has 1 aromatic carbocycles. The minimum absolute atomic E-state index is 0.0429. The van der Waals surface area contributed by atoms with Crippen molar-refractivity contribution >= 4 is 17.0 Å². The number of halogens is 1. The fourth-order valence-corrected chi connectivity index (χ4v) is 1.67. The van der Waals surface area contributed by atoms with Crippen molar-refractivity contribution < 1.29 is 9.53 Å². The predicted molar refractivity (Wildman–Crippen MR) is 65.2 cm³/mol. The Morgan fingerprint density at radius 3 is 2.69 bits per heavy atom. The number of nitrogens with zero attached hydrogens (tertiary/aromatic N) is 1.